The lowest BCUT2D eigenvalue weighted by atomic mass is 10.3. The zero-order valence-electron chi connectivity index (χ0n) is 21.7. The smallest absolute Gasteiger partial charge is 0.333 e. The summed E-state index contributed by atoms with van der Waals surface area (Å²) < 4.78 is 23.7. The van der Waals surface area contributed by atoms with E-state index < -0.39 is 45.3 Å². The average molecular weight is 509 g/mol. The summed E-state index contributed by atoms with van der Waals surface area (Å²) in [7, 11) is -6.66. The Morgan fingerprint density at radius 1 is 0.839 bits per heavy atom. The van der Waals surface area contributed by atoms with Crippen LogP contribution < -0.4 is 0 Å². The van der Waals surface area contributed by atoms with Crippen molar-refractivity contribution in [1.29, 1.82) is 0 Å². The minimum atomic E-state index is -1.78. The molecule has 0 aromatic carbocycles. The zero-order chi connectivity index (χ0) is 24.5. The molecule has 0 amide bonds. The van der Waals surface area contributed by atoms with Gasteiger partial charge in [-0.1, -0.05) is 6.58 Å². The molecule has 0 aliphatic carbocycles. The van der Waals surface area contributed by atoms with Crippen LogP contribution in [0.3, 0.4) is 0 Å². The molecule has 0 aliphatic rings. The minimum absolute atomic E-state index is 0.0735. The van der Waals surface area contributed by atoms with Gasteiger partial charge in [-0.15, -0.1) is 0 Å². The van der Waals surface area contributed by atoms with Gasteiger partial charge in [0, 0.05) is 12.2 Å². The molecule has 1 atom stereocenters. The van der Waals surface area contributed by atoms with Crippen LogP contribution in [-0.2, 0) is 22.5 Å². The second-order valence-corrected chi connectivity index (χ2v) is 29.2. The van der Waals surface area contributed by atoms with Crippen LogP contribution in [0, 0.1) is 0 Å². The predicted octanol–water partition coefficient (Wildman–Crippen LogP) is 5.36. The molecule has 0 spiro atoms. The number of carbonyl (C=O) groups excluding carboxylic acids is 1. The van der Waals surface area contributed by atoms with Crippen LogP contribution in [0.15, 0.2) is 12.2 Å². The van der Waals surface area contributed by atoms with Gasteiger partial charge in [0.05, 0.1) is 6.61 Å². The Labute approximate surface area is 195 Å². The maximum absolute atomic E-state index is 11.3. The first-order valence-corrected chi connectivity index (χ1v) is 24.1. The van der Waals surface area contributed by atoms with Crippen LogP contribution in [0.2, 0.25) is 77.1 Å². The lowest BCUT2D eigenvalue weighted by Gasteiger charge is -2.37. The Bertz CT molecular complexity index is 573. The normalized spacial score (nSPS) is 14.4. The van der Waals surface area contributed by atoms with Crippen molar-refractivity contribution in [2.24, 2.45) is 0 Å². The van der Waals surface area contributed by atoms with E-state index in [4.69, 9.17) is 17.7 Å². The van der Waals surface area contributed by atoms with Crippen molar-refractivity contribution in [1.82, 2.24) is 0 Å². The van der Waals surface area contributed by atoms with Gasteiger partial charge in [-0.3, -0.25) is 0 Å². The van der Waals surface area contributed by atoms with Crippen molar-refractivity contribution in [2.75, 3.05) is 19.8 Å². The van der Waals surface area contributed by atoms with E-state index in [-0.39, 0.29) is 13.2 Å². The van der Waals surface area contributed by atoms with E-state index in [1.807, 2.05) is 0 Å². The summed E-state index contributed by atoms with van der Waals surface area (Å²) in [5, 5.41) is 9.84. The van der Waals surface area contributed by atoms with E-state index in [1.165, 1.54) is 0 Å². The van der Waals surface area contributed by atoms with Crippen molar-refractivity contribution in [3.8, 4) is 0 Å². The third kappa shape index (κ3) is 17.1. The molecule has 6 nitrogen and oxygen atoms in total. The number of hydrogen-bond donors (Lipinski definition) is 1. The summed E-state index contributed by atoms with van der Waals surface area (Å²) in [5.74, 6) is -0.492. The van der Waals surface area contributed by atoms with Crippen LogP contribution in [0.1, 0.15) is 13.3 Å². The molecule has 0 saturated heterocycles. The van der Waals surface area contributed by atoms with Crippen LogP contribution >= 0.6 is 0 Å². The van der Waals surface area contributed by atoms with Crippen molar-refractivity contribution in [3.63, 3.8) is 0 Å². The number of hydrogen-bond acceptors (Lipinski definition) is 6. The largest absolute Gasteiger partial charge is 0.460 e. The van der Waals surface area contributed by atoms with Gasteiger partial charge in [-0.2, -0.15) is 0 Å². The number of ether oxygens (including phenoxy) is 2. The van der Waals surface area contributed by atoms with Gasteiger partial charge in [0.2, 0.25) is 0 Å². The first-order valence-electron chi connectivity index (χ1n) is 11.3. The quantitative estimate of drug-likeness (QED) is 0.131. The molecule has 31 heavy (non-hydrogen) atoms. The number of rotatable bonds is 16. The van der Waals surface area contributed by atoms with Gasteiger partial charge in [0.15, 0.2) is 33.3 Å². The molecular formula is C21H48O6Si4. The molecule has 10 heteroatoms. The Morgan fingerprint density at radius 2 is 1.32 bits per heavy atom. The monoisotopic (exact) mass is 508 g/mol. The van der Waals surface area contributed by atoms with E-state index in [2.05, 4.69) is 65.5 Å². The Hall–Kier alpha value is -0.0825. The fourth-order valence-electron chi connectivity index (χ4n) is 3.49. The van der Waals surface area contributed by atoms with E-state index in [0.717, 1.165) is 24.6 Å². The van der Waals surface area contributed by atoms with Crippen LogP contribution in [-0.4, -0.2) is 70.3 Å². The lowest BCUT2D eigenvalue weighted by Crippen LogP contribution is -2.47. The topological polar surface area (TPSA) is 74.2 Å². The van der Waals surface area contributed by atoms with E-state index in [1.54, 1.807) is 6.92 Å². The molecule has 0 aromatic heterocycles. The molecule has 0 radical (unpaired) electrons. The second kappa shape index (κ2) is 13.0. The third-order valence-corrected chi connectivity index (χ3v) is 18.6. The molecule has 0 aliphatic heterocycles. The summed E-state index contributed by atoms with van der Waals surface area (Å²) in [6.45, 7) is 26.5. The van der Waals surface area contributed by atoms with Crippen LogP contribution in [0.25, 0.3) is 0 Å². The highest BCUT2D eigenvalue weighted by molar-refractivity contribution is 6.87. The van der Waals surface area contributed by atoms with E-state index in [0.29, 0.717) is 12.2 Å². The van der Waals surface area contributed by atoms with Gasteiger partial charge in [-0.25, -0.2) is 4.79 Å². The second-order valence-electron chi connectivity index (χ2n) is 11.3. The molecule has 0 saturated carbocycles. The third-order valence-electron chi connectivity index (χ3n) is 4.60. The van der Waals surface area contributed by atoms with Gasteiger partial charge < -0.3 is 22.8 Å². The predicted molar refractivity (Wildman–Crippen MR) is 140 cm³/mol. The molecule has 0 rings (SSSR count). The van der Waals surface area contributed by atoms with Crippen LogP contribution in [0.4, 0.5) is 0 Å². The summed E-state index contributed by atoms with van der Waals surface area (Å²) in [4.78, 5) is 11.3. The Morgan fingerprint density at radius 3 is 1.81 bits per heavy atom. The molecule has 1 unspecified atom stereocenters. The van der Waals surface area contributed by atoms with Gasteiger partial charge >= 0.3 is 5.97 Å². The summed E-state index contributed by atoms with van der Waals surface area (Å²) >= 11 is 0. The number of aliphatic hydroxyl groups excluding tert-OH is 1. The standard InChI is InChI=1S/C21H48O6Si4/c1-19(2)21(23)25-18-20(22)17-24-13-12-14-29(6,7)27-31(10,11)16-15-30(8,9)26-28(3,4)5/h20,22H,1,12-18H2,2-11H3. The fourth-order valence-corrected chi connectivity index (χ4v) is 23.1. The molecule has 0 fully saturated rings. The average Bonchev–Trinajstić information content (AvgIpc) is 2.54. The van der Waals surface area contributed by atoms with Crippen molar-refractivity contribution >= 4 is 39.2 Å². The summed E-state index contributed by atoms with van der Waals surface area (Å²) in [6.07, 6.45) is 0.0862. The van der Waals surface area contributed by atoms with Gasteiger partial charge in [-0.05, 0) is 90.4 Å². The maximum atomic E-state index is 11.3. The molecule has 0 bridgehead atoms. The van der Waals surface area contributed by atoms with Crippen LogP contribution in [0.5, 0.6) is 0 Å². The molecule has 1 N–H and O–H groups in total. The fraction of sp³-hybridized carbons (Fsp3) is 0.857. The molecule has 0 aromatic rings. The lowest BCUT2D eigenvalue weighted by molar-refractivity contribution is -0.143. The highest BCUT2D eigenvalue weighted by atomic mass is 28.4. The van der Waals surface area contributed by atoms with Crippen molar-refractivity contribution < 1.29 is 27.6 Å². The number of carbonyl (C=O) groups is 1. The van der Waals surface area contributed by atoms with Gasteiger partial charge in [0.25, 0.3) is 0 Å². The van der Waals surface area contributed by atoms with Gasteiger partial charge in [0.1, 0.15) is 12.7 Å². The van der Waals surface area contributed by atoms with Crippen molar-refractivity contribution in [2.45, 2.75) is 96.5 Å². The summed E-state index contributed by atoms with van der Waals surface area (Å²) in [6, 6.07) is 3.34. The molecular weight excluding hydrogens is 461 g/mol. The molecule has 184 valence electrons. The van der Waals surface area contributed by atoms with Crippen molar-refractivity contribution in [3.05, 3.63) is 12.2 Å². The zero-order valence-corrected chi connectivity index (χ0v) is 25.7. The first kappa shape index (κ1) is 30.9. The number of esters is 1. The Balaban J connectivity index is 4.25. The highest BCUT2D eigenvalue weighted by Crippen LogP contribution is 2.28. The summed E-state index contributed by atoms with van der Waals surface area (Å²) in [5.41, 5.74) is 0.321. The maximum Gasteiger partial charge on any atom is 0.333 e. The minimum Gasteiger partial charge on any atom is -0.460 e. The Kier molecular flexibility index (Phi) is 12.9. The number of aliphatic hydroxyl groups is 1. The first-order chi connectivity index (χ1) is 13.8. The molecule has 0 heterocycles. The van der Waals surface area contributed by atoms with E-state index in [9.17, 15) is 9.90 Å². The van der Waals surface area contributed by atoms with E-state index >= 15 is 0 Å². The highest BCUT2D eigenvalue weighted by Gasteiger charge is 2.36. The SMILES string of the molecule is C=C(C)C(=O)OCC(O)COCCC[Si](C)(C)O[Si](C)(C)CC[Si](C)(C)O[Si](C)(C)C.